The highest BCUT2D eigenvalue weighted by atomic mass is 19.4. The number of hydrogen-bond donors (Lipinski definition) is 0. The molecule has 0 aliphatic carbocycles. The van der Waals surface area contributed by atoms with Gasteiger partial charge < -0.3 is 4.74 Å². The maximum atomic E-state index is 13.6. The number of alkyl halides is 6. The third-order valence-electron chi connectivity index (χ3n) is 5.00. The molecule has 0 N–H and O–H groups in total. The van der Waals surface area contributed by atoms with E-state index in [0.29, 0.717) is 17.0 Å². The summed E-state index contributed by atoms with van der Waals surface area (Å²) in [4.78, 5) is 27.0. The van der Waals surface area contributed by atoms with Gasteiger partial charge >= 0.3 is 18.4 Å². The van der Waals surface area contributed by atoms with E-state index in [1.54, 1.807) is 6.07 Å². The normalized spacial score (nSPS) is 16.1. The Labute approximate surface area is 187 Å². The summed E-state index contributed by atoms with van der Waals surface area (Å²) in [5.74, 6) is 0.333. The molecule has 180 valence electrons. The van der Waals surface area contributed by atoms with Gasteiger partial charge in [0.1, 0.15) is 19.8 Å². The van der Waals surface area contributed by atoms with Crippen LogP contribution in [0.5, 0.6) is 0 Å². The fraction of sp³-hybridized carbons (Fsp3) is 0.316. The molecule has 1 aliphatic rings. The fourth-order valence-electron chi connectivity index (χ4n) is 3.35. The van der Waals surface area contributed by atoms with E-state index in [9.17, 15) is 31.1 Å². The maximum Gasteiger partial charge on any atom is 0.418 e. The van der Waals surface area contributed by atoms with Crippen LogP contribution in [0.25, 0.3) is 5.95 Å². The molecule has 2 aromatic heterocycles. The van der Waals surface area contributed by atoms with Crippen molar-refractivity contribution in [1.29, 1.82) is 0 Å². The van der Waals surface area contributed by atoms with Gasteiger partial charge in [0.2, 0.25) is 0 Å². The van der Waals surface area contributed by atoms with Crippen molar-refractivity contribution >= 4 is 11.7 Å². The average Bonchev–Trinajstić information content (AvgIpc) is 3.28. The molecule has 3 aromatic rings. The Morgan fingerprint density at radius 2 is 1.71 bits per heavy atom. The lowest BCUT2D eigenvalue weighted by Crippen LogP contribution is -2.52. The number of aromatic nitrogens is 5. The van der Waals surface area contributed by atoms with E-state index >= 15 is 0 Å². The minimum atomic E-state index is -5.16. The van der Waals surface area contributed by atoms with E-state index in [-0.39, 0.29) is 24.6 Å². The third kappa shape index (κ3) is 4.37. The van der Waals surface area contributed by atoms with Crippen LogP contribution in [0.15, 0.2) is 43.0 Å². The van der Waals surface area contributed by atoms with Gasteiger partial charge in [-0.15, -0.1) is 0 Å². The first-order valence-electron chi connectivity index (χ1n) is 9.60. The van der Waals surface area contributed by atoms with E-state index in [1.165, 1.54) is 30.3 Å². The van der Waals surface area contributed by atoms with Gasteiger partial charge in [-0.3, -0.25) is 9.80 Å². The van der Waals surface area contributed by atoms with Crippen molar-refractivity contribution in [3.8, 4) is 5.95 Å². The lowest BCUT2D eigenvalue weighted by molar-refractivity contribution is -0.142. The van der Waals surface area contributed by atoms with Crippen molar-refractivity contribution in [2.24, 2.45) is 0 Å². The van der Waals surface area contributed by atoms with Crippen LogP contribution >= 0.6 is 0 Å². The van der Waals surface area contributed by atoms with Gasteiger partial charge in [0.05, 0.1) is 22.9 Å². The van der Waals surface area contributed by atoms with Crippen LogP contribution in [0.2, 0.25) is 0 Å². The molecule has 15 heteroatoms. The maximum absolute atomic E-state index is 13.6. The molecule has 0 spiro atoms. The van der Waals surface area contributed by atoms with E-state index in [0.717, 1.165) is 4.90 Å². The first kappa shape index (κ1) is 23.4. The number of carbonyl (C=O) groups is 1. The van der Waals surface area contributed by atoms with Crippen molar-refractivity contribution in [2.45, 2.75) is 25.3 Å². The van der Waals surface area contributed by atoms with Crippen LogP contribution < -0.4 is 4.90 Å². The van der Waals surface area contributed by atoms with Gasteiger partial charge in [0, 0.05) is 12.4 Å². The minimum absolute atomic E-state index is 0.0334. The van der Waals surface area contributed by atoms with Crippen LogP contribution in [-0.2, 0) is 17.1 Å². The number of nitrogens with zero attached hydrogens (tertiary/aromatic N) is 7. The van der Waals surface area contributed by atoms with E-state index in [2.05, 4.69) is 20.1 Å². The lowest BCUT2D eigenvalue weighted by Gasteiger charge is -2.38. The molecule has 4 rings (SSSR count). The van der Waals surface area contributed by atoms with Crippen LogP contribution in [0.4, 0.5) is 36.8 Å². The first-order chi connectivity index (χ1) is 16.0. The monoisotopic (exact) mass is 487 g/mol. The van der Waals surface area contributed by atoms with Crippen LogP contribution in [0.1, 0.15) is 29.9 Å². The minimum Gasteiger partial charge on any atom is -0.340 e. The van der Waals surface area contributed by atoms with E-state index in [1.807, 2.05) is 0 Å². The Balaban J connectivity index is 1.68. The number of carbonyl (C=O) groups excluding carboxylic acids is 1. The standard InChI is InChI=1S/C19H15F6N7O2/c1-11(15-28-8-29-32(15)16-26-5-2-6-27-16)30-9-34-10-31(17(30)33)14-4-3-12(18(20,21)22)7-13(14)19(23,24)25/h2-8,11H,9-10H2,1H3/t11-/m0/s1. The number of ether oxygens (including phenoxy) is 1. The number of anilines is 1. The second kappa shape index (κ2) is 8.55. The second-order valence-corrected chi connectivity index (χ2v) is 7.12. The Hall–Kier alpha value is -3.75. The Morgan fingerprint density at radius 3 is 2.35 bits per heavy atom. The van der Waals surface area contributed by atoms with Crippen molar-refractivity contribution in [2.75, 3.05) is 18.4 Å². The number of hydrogen-bond acceptors (Lipinski definition) is 6. The molecule has 0 saturated carbocycles. The molecule has 1 saturated heterocycles. The summed E-state index contributed by atoms with van der Waals surface area (Å²) in [6.45, 7) is 0.637. The predicted octanol–water partition coefficient (Wildman–Crippen LogP) is 4.03. The summed E-state index contributed by atoms with van der Waals surface area (Å²) in [7, 11) is 0. The van der Waals surface area contributed by atoms with Gasteiger partial charge in [-0.2, -0.15) is 36.1 Å². The number of rotatable bonds is 4. The zero-order valence-electron chi connectivity index (χ0n) is 17.2. The summed E-state index contributed by atoms with van der Waals surface area (Å²) < 4.78 is 86.4. The fourth-order valence-corrected chi connectivity index (χ4v) is 3.35. The summed E-state index contributed by atoms with van der Waals surface area (Å²) in [5, 5.41) is 4.02. The molecule has 1 aliphatic heterocycles. The summed E-state index contributed by atoms with van der Waals surface area (Å²) in [5.41, 5.74) is -3.87. The Kier molecular flexibility index (Phi) is 5.89. The molecule has 1 atom stereocenters. The number of urea groups is 1. The number of benzene rings is 1. The van der Waals surface area contributed by atoms with Gasteiger partial charge in [0.25, 0.3) is 5.95 Å². The molecule has 0 bridgehead atoms. The molecule has 0 unspecified atom stereocenters. The predicted molar refractivity (Wildman–Crippen MR) is 102 cm³/mol. The van der Waals surface area contributed by atoms with E-state index in [4.69, 9.17) is 4.74 Å². The molecule has 1 fully saturated rings. The first-order valence-corrected chi connectivity index (χ1v) is 9.60. The van der Waals surface area contributed by atoms with Gasteiger partial charge in [-0.05, 0) is 31.2 Å². The Morgan fingerprint density at radius 1 is 1.00 bits per heavy atom. The quantitative estimate of drug-likeness (QED) is 0.517. The van der Waals surface area contributed by atoms with Crippen LogP contribution in [0.3, 0.4) is 0 Å². The summed E-state index contributed by atoms with van der Waals surface area (Å²) in [6.07, 6.45) is -6.05. The molecule has 34 heavy (non-hydrogen) atoms. The van der Waals surface area contributed by atoms with Gasteiger partial charge in [-0.1, -0.05) is 0 Å². The second-order valence-electron chi connectivity index (χ2n) is 7.12. The largest absolute Gasteiger partial charge is 0.418 e. The van der Waals surface area contributed by atoms with Crippen molar-refractivity contribution in [1.82, 2.24) is 29.6 Å². The zero-order valence-corrected chi connectivity index (χ0v) is 17.2. The summed E-state index contributed by atoms with van der Waals surface area (Å²) >= 11 is 0. The lowest BCUT2D eigenvalue weighted by atomic mass is 10.1. The number of halogens is 6. The van der Waals surface area contributed by atoms with Crippen LogP contribution in [0, 0.1) is 0 Å². The van der Waals surface area contributed by atoms with Crippen molar-refractivity contribution in [3.63, 3.8) is 0 Å². The molecular formula is C19H15F6N7O2. The number of amides is 2. The molecule has 2 amide bonds. The Bertz CT molecular complexity index is 1180. The average molecular weight is 487 g/mol. The van der Waals surface area contributed by atoms with Gasteiger partial charge in [0.15, 0.2) is 5.82 Å². The van der Waals surface area contributed by atoms with Crippen LogP contribution in [-0.4, -0.2) is 49.1 Å². The molecule has 3 heterocycles. The molecule has 9 nitrogen and oxygen atoms in total. The zero-order chi connectivity index (χ0) is 24.7. The molecule has 1 aromatic carbocycles. The third-order valence-corrected chi connectivity index (χ3v) is 5.00. The van der Waals surface area contributed by atoms with Gasteiger partial charge in [-0.25, -0.2) is 19.7 Å². The highest BCUT2D eigenvalue weighted by Crippen LogP contribution is 2.41. The molecule has 0 radical (unpaired) electrons. The summed E-state index contributed by atoms with van der Waals surface area (Å²) in [6, 6.07) is 0.823. The topological polar surface area (TPSA) is 89.3 Å². The van der Waals surface area contributed by atoms with Crippen molar-refractivity contribution in [3.05, 3.63) is 59.9 Å². The molecular weight excluding hydrogens is 472 g/mol. The highest BCUT2D eigenvalue weighted by Gasteiger charge is 2.42. The van der Waals surface area contributed by atoms with E-state index < -0.39 is 48.0 Å². The smallest absolute Gasteiger partial charge is 0.340 e. The van der Waals surface area contributed by atoms with Crippen molar-refractivity contribution < 1.29 is 35.9 Å². The SMILES string of the molecule is C[C@@H](c1ncnn1-c1ncccn1)N1COCN(c2ccc(C(F)(F)F)cc2C(F)(F)F)C1=O. The highest BCUT2D eigenvalue weighted by molar-refractivity contribution is 5.93.